The van der Waals surface area contributed by atoms with Crippen LogP contribution in [0.3, 0.4) is 0 Å². The Kier molecular flexibility index (Phi) is 6.38. The van der Waals surface area contributed by atoms with Crippen LogP contribution in [-0.4, -0.2) is 37.5 Å². The largest absolute Gasteiger partial charge is 0.478 e. The fourth-order valence-electron chi connectivity index (χ4n) is 1.39. The Bertz CT molecular complexity index is 644. The zero-order chi connectivity index (χ0) is 16.0. The van der Waals surface area contributed by atoms with Gasteiger partial charge in [-0.3, -0.25) is 0 Å². The van der Waals surface area contributed by atoms with Gasteiger partial charge in [0.05, 0.1) is 0 Å². The Hall–Kier alpha value is -1.38. The Morgan fingerprint density at radius 2 is 2.19 bits per heavy atom. The van der Waals surface area contributed by atoms with E-state index in [0.717, 1.165) is 18.2 Å². The van der Waals surface area contributed by atoms with Gasteiger partial charge in [0.15, 0.2) is 0 Å². The molecule has 0 radical (unpaired) electrons. The van der Waals surface area contributed by atoms with Crippen LogP contribution in [0.1, 0.15) is 12.5 Å². The van der Waals surface area contributed by atoms with E-state index in [1.807, 2.05) is 13.2 Å². The molecule has 0 amide bonds. The molecule has 0 aliphatic heterocycles. The third-order valence-electron chi connectivity index (χ3n) is 2.63. The molecule has 0 spiro atoms. The summed E-state index contributed by atoms with van der Waals surface area (Å²) in [5.74, 6) is -2.09. The fraction of sp³-hybridized carbons (Fsp3) is 0.308. The monoisotopic (exact) mass is 333 g/mol. The lowest BCUT2D eigenvalue weighted by molar-refractivity contribution is -0.131. The number of carboxylic acid groups (broad SMARTS) is 1. The van der Waals surface area contributed by atoms with Gasteiger partial charge in [0.2, 0.25) is 10.0 Å². The van der Waals surface area contributed by atoms with E-state index < -0.39 is 26.7 Å². The van der Waals surface area contributed by atoms with Crippen molar-refractivity contribution < 1.29 is 22.7 Å². The molecule has 0 bridgehead atoms. The number of sulfonamides is 1. The summed E-state index contributed by atoms with van der Waals surface area (Å²) in [7, 11) is -3.92. The summed E-state index contributed by atoms with van der Waals surface area (Å²) in [6.45, 7) is 2.05. The molecule has 0 saturated carbocycles. The molecular weight excluding hydrogens is 317 g/mol. The van der Waals surface area contributed by atoms with Crippen molar-refractivity contribution in [2.75, 3.05) is 12.8 Å². The molecule has 1 aromatic rings. The van der Waals surface area contributed by atoms with E-state index in [9.17, 15) is 17.6 Å². The maximum atomic E-state index is 13.9. The first-order chi connectivity index (χ1) is 9.76. The maximum Gasteiger partial charge on any atom is 0.328 e. The fourth-order valence-corrected chi connectivity index (χ4v) is 2.94. The SMILES string of the molecule is CSC(C)CNS(=O)(=O)c1ccc(/C=C/C(=O)O)cc1F. The number of carboxylic acids is 1. The van der Waals surface area contributed by atoms with Crippen molar-refractivity contribution in [3.8, 4) is 0 Å². The molecular formula is C13H16FNO4S2. The smallest absolute Gasteiger partial charge is 0.328 e. The van der Waals surface area contributed by atoms with Crippen LogP contribution in [0.4, 0.5) is 4.39 Å². The lowest BCUT2D eigenvalue weighted by Crippen LogP contribution is -2.30. The summed E-state index contributed by atoms with van der Waals surface area (Å²) in [6.07, 6.45) is 3.88. The zero-order valence-corrected chi connectivity index (χ0v) is 13.2. The Balaban J connectivity index is 2.96. The highest BCUT2D eigenvalue weighted by Crippen LogP contribution is 2.17. The van der Waals surface area contributed by atoms with E-state index in [-0.39, 0.29) is 17.4 Å². The molecule has 0 heterocycles. The van der Waals surface area contributed by atoms with Gasteiger partial charge in [-0.1, -0.05) is 13.0 Å². The average Bonchev–Trinajstić information content (AvgIpc) is 2.42. The van der Waals surface area contributed by atoms with Gasteiger partial charge in [0.25, 0.3) is 0 Å². The second-order valence-electron chi connectivity index (χ2n) is 4.26. The van der Waals surface area contributed by atoms with E-state index in [2.05, 4.69) is 4.72 Å². The predicted octanol–water partition coefficient (Wildman–Crippen LogP) is 1.95. The first-order valence-corrected chi connectivity index (χ1v) is 8.76. The Morgan fingerprint density at radius 3 is 2.71 bits per heavy atom. The van der Waals surface area contributed by atoms with E-state index in [1.165, 1.54) is 23.9 Å². The minimum Gasteiger partial charge on any atom is -0.478 e. The zero-order valence-electron chi connectivity index (χ0n) is 11.5. The summed E-state index contributed by atoms with van der Waals surface area (Å²) < 4.78 is 40.2. The number of aliphatic carboxylic acids is 1. The van der Waals surface area contributed by atoms with E-state index >= 15 is 0 Å². The number of carbonyl (C=O) groups is 1. The van der Waals surface area contributed by atoms with Gasteiger partial charge in [-0.05, 0) is 30.0 Å². The lowest BCUT2D eigenvalue weighted by atomic mass is 10.2. The van der Waals surface area contributed by atoms with Gasteiger partial charge in [-0.15, -0.1) is 0 Å². The molecule has 0 fully saturated rings. The lowest BCUT2D eigenvalue weighted by Gasteiger charge is -2.11. The van der Waals surface area contributed by atoms with E-state index in [4.69, 9.17) is 5.11 Å². The van der Waals surface area contributed by atoms with Crippen molar-refractivity contribution in [3.63, 3.8) is 0 Å². The van der Waals surface area contributed by atoms with Crippen molar-refractivity contribution in [2.24, 2.45) is 0 Å². The van der Waals surface area contributed by atoms with Crippen molar-refractivity contribution >= 4 is 33.8 Å². The molecule has 8 heteroatoms. The van der Waals surface area contributed by atoms with Gasteiger partial charge >= 0.3 is 5.97 Å². The number of nitrogens with one attached hydrogen (secondary N) is 1. The predicted molar refractivity (Wildman–Crippen MR) is 81.2 cm³/mol. The number of benzene rings is 1. The summed E-state index contributed by atoms with van der Waals surface area (Å²) >= 11 is 1.49. The van der Waals surface area contributed by atoms with Crippen LogP contribution in [0.2, 0.25) is 0 Å². The molecule has 0 aromatic heterocycles. The molecule has 2 N–H and O–H groups in total. The molecule has 21 heavy (non-hydrogen) atoms. The third-order valence-corrected chi connectivity index (χ3v) is 5.06. The molecule has 116 valence electrons. The molecule has 1 unspecified atom stereocenters. The van der Waals surface area contributed by atoms with Gasteiger partial charge in [-0.2, -0.15) is 11.8 Å². The van der Waals surface area contributed by atoms with Crippen LogP contribution < -0.4 is 4.72 Å². The normalized spacial score (nSPS) is 13.5. The van der Waals surface area contributed by atoms with Crippen molar-refractivity contribution in [3.05, 3.63) is 35.7 Å². The average molecular weight is 333 g/mol. The molecule has 1 atom stereocenters. The number of hydrogen-bond acceptors (Lipinski definition) is 4. The molecule has 0 aliphatic rings. The van der Waals surface area contributed by atoms with Crippen LogP contribution in [0, 0.1) is 5.82 Å². The molecule has 0 aliphatic carbocycles. The topological polar surface area (TPSA) is 83.5 Å². The number of hydrogen-bond donors (Lipinski definition) is 2. The first-order valence-electron chi connectivity index (χ1n) is 5.99. The minimum absolute atomic E-state index is 0.0700. The number of rotatable bonds is 7. The Morgan fingerprint density at radius 1 is 1.52 bits per heavy atom. The summed E-state index contributed by atoms with van der Waals surface area (Å²) in [4.78, 5) is 9.92. The van der Waals surface area contributed by atoms with Crippen molar-refractivity contribution in [1.82, 2.24) is 4.72 Å². The first kappa shape index (κ1) is 17.7. The number of thioether (sulfide) groups is 1. The van der Waals surface area contributed by atoms with Crippen LogP contribution in [0.15, 0.2) is 29.2 Å². The van der Waals surface area contributed by atoms with Crippen molar-refractivity contribution in [2.45, 2.75) is 17.1 Å². The molecule has 1 rings (SSSR count). The summed E-state index contributed by atoms with van der Waals surface area (Å²) in [6, 6.07) is 3.43. The van der Waals surface area contributed by atoms with Crippen LogP contribution in [-0.2, 0) is 14.8 Å². The van der Waals surface area contributed by atoms with Gasteiger partial charge < -0.3 is 5.11 Å². The second kappa shape index (κ2) is 7.58. The highest BCUT2D eigenvalue weighted by molar-refractivity contribution is 7.99. The van der Waals surface area contributed by atoms with Gasteiger partial charge in [-0.25, -0.2) is 22.3 Å². The molecule has 0 saturated heterocycles. The highest BCUT2D eigenvalue weighted by atomic mass is 32.2. The Labute approximate surface area is 127 Å². The van der Waals surface area contributed by atoms with Crippen LogP contribution >= 0.6 is 11.8 Å². The highest BCUT2D eigenvalue weighted by Gasteiger charge is 2.19. The van der Waals surface area contributed by atoms with E-state index in [0.29, 0.717) is 0 Å². The standard InChI is InChI=1S/C13H16FNO4S2/c1-9(20-2)8-15-21(18,19)12-5-3-10(7-11(12)14)4-6-13(16)17/h3-7,9,15H,8H2,1-2H3,(H,16,17)/b6-4+. The number of halogens is 1. The van der Waals surface area contributed by atoms with Crippen LogP contribution in [0.5, 0.6) is 0 Å². The molecule has 1 aromatic carbocycles. The van der Waals surface area contributed by atoms with Crippen LogP contribution in [0.25, 0.3) is 6.08 Å². The summed E-state index contributed by atoms with van der Waals surface area (Å²) in [5.41, 5.74) is 0.270. The molecule has 5 nitrogen and oxygen atoms in total. The minimum atomic E-state index is -3.92. The third kappa shape index (κ3) is 5.49. The van der Waals surface area contributed by atoms with E-state index in [1.54, 1.807) is 0 Å². The summed E-state index contributed by atoms with van der Waals surface area (Å²) in [5, 5.41) is 8.55. The van der Waals surface area contributed by atoms with Gasteiger partial charge in [0, 0.05) is 17.9 Å². The quantitative estimate of drug-likeness (QED) is 0.745. The van der Waals surface area contributed by atoms with Crippen molar-refractivity contribution in [1.29, 1.82) is 0 Å². The second-order valence-corrected chi connectivity index (χ2v) is 7.27. The maximum absolute atomic E-state index is 13.9. The van der Waals surface area contributed by atoms with Gasteiger partial charge in [0.1, 0.15) is 10.7 Å².